The van der Waals surface area contributed by atoms with Gasteiger partial charge in [-0.05, 0) is 44.0 Å². The Balaban J connectivity index is 1.66. The average molecular weight is 464 g/mol. The van der Waals surface area contributed by atoms with E-state index in [4.69, 9.17) is 9.15 Å². The quantitative estimate of drug-likeness (QED) is 0.206. The monoisotopic (exact) mass is 463 g/mol. The number of carbonyl (C=O) groups is 2. The Bertz CT molecular complexity index is 1180. The van der Waals surface area contributed by atoms with Gasteiger partial charge in [0, 0.05) is 31.0 Å². The molecular weight excluding hydrogens is 434 g/mol. The second-order valence-corrected chi connectivity index (χ2v) is 8.32. The Labute approximate surface area is 198 Å². The van der Waals surface area contributed by atoms with Gasteiger partial charge < -0.3 is 23.7 Å². The Hall–Kier alpha value is -3.81. The summed E-state index contributed by atoms with van der Waals surface area (Å²) in [5.41, 5.74) is 0.436. The molecular formula is C26H29N3O5. The van der Waals surface area contributed by atoms with Crippen LogP contribution in [0.25, 0.3) is 5.76 Å². The van der Waals surface area contributed by atoms with Crippen molar-refractivity contribution in [3.8, 4) is 5.75 Å². The molecule has 1 amide bonds. The van der Waals surface area contributed by atoms with Crippen LogP contribution in [0.15, 0.2) is 65.1 Å². The van der Waals surface area contributed by atoms with Crippen molar-refractivity contribution in [2.24, 2.45) is 0 Å². The third-order valence-electron chi connectivity index (χ3n) is 5.82. The van der Waals surface area contributed by atoms with E-state index in [2.05, 4.69) is 11.9 Å². The fourth-order valence-corrected chi connectivity index (χ4v) is 4.07. The van der Waals surface area contributed by atoms with E-state index < -0.39 is 17.7 Å². The number of hydrogen-bond acceptors (Lipinski definition) is 6. The predicted octanol–water partition coefficient (Wildman–Crippen LogP) is 4.48. The van der Waals surface area contributed by atoms with Crippen molar-refractivity contribution >= 4 is 17.4 Å². The maximum absolute atomic E-state index is 13.1. The van der Waals surface area contributed by atoms with Crippen LogP contribution >= 0.6 is 0 Å². The second-order valence-electron chi connectivity index (χ2n) is 8.32. The third kappa shape index (κ3) is 4.90. The highest BCUT2D eigenvalue weighted by atomic mass is 16.5. The number of aliphatic hydroxyl groups excluding tert-OH is 1. The first-order valence-electron chi connectivity index (χ1n) is 11.5. The Morgan fingerprint density at radius 3 is 2.74 bits per heavy atom. The number of rotatable bonds is 10. The van der Waals surface area contributed by atoms with Gasteiger partial charge in [-0.1, -0.05) is 25.5 Å². The lowest BCUT2D eigenvalue weighted by Gasteiger charge is -2.23. The van der Waals surface area contributed by atoms with Crippen LogP contribution < -0.4 is 4.74 Å². The van der Waals surface area contributed by atoms with E-state index in [-0.39, 0.29) is 11.3 Å². The third-order valence-corrected chi connectivity index (χ3v) is 5.82. The number of aryl methyl sites for hydroxylation is 2. The first kappa shape index (κ1) is 23.4. The molecule has 178 valence electrons. The van der Waals surface area contributed by atoms with Crippen molar-refractivity contribution < 1.29 is 23.8 Å². The normalized spacial score (nSPS) is 17.5. The van der Waals surface area contributed by atoms with Gasteiger partial charge in [-0.3, -0.25) is 9.59 Å². The summed E-state index contributed by atoms with van der Waals surface area (Å²) in [7, 11) is 0. The molecule has 1 fully saturated rings. The fraction of sp³-hybridized carbons (Fsp3) is 0.346. The molecule has 0 spiro atoms. The van der Waals surface area contributed by atoms with Crippen LogP contribution in [0.2, 0.25) is 0 Å². The van der Waals surface area contributed by atoms with Crippen LogP contribution in [0.5, 0.6) is 5.75 Å². The maximum atomic E-state index is 13.1. The summed E-state index contributed by atoms with van der Waals surface area (Å²) in [6.07, 6.45) is 7.77. The Morgan fingerprint density at radius 1 is 1.18 bits per heavy atom. The van der Waals surface area contributed by atoms with Crippen LogP contribution in [0.4, 0.5) is 0 Å². The van der Waals surface area contributed by atoms with E-state index in [0.29, 0.717) is 49.0 Å². The number of ether oxygens (including phenoxy) is 1. The molecule has 8 nitrogen and oxygen atoms in total. The van der Waals surface area contributed by atoms with Crippen LogP contribution in [-0.2, 0) is 16.1 Å². The van der Waals surface area contributed by atoms with E-state index in [1.54, 1.807) is 55.8 Å². The number of benzene rings is 1. The molecule has 1 atom stereocenters. The molecule has 0 saturated carbocycles. The largest absolute Gasteiger partial charge is 0.507 e. The van der Waals surface area contributed by atoms with Crippen molar-refractivity contribution in [1.29, 1.82) is 0 Å². The van der Waals surface area contributed by atoms with E-state index in [1.165, 1.54) is 4.90 Å². The zero-order valence-corrected chi connectivity index (χ0v) is 19.4. The van der Waals surface area contributed by atoms with Crippen molar-refractivity contribution in [1.82, 2.24) is 14.5 Å². The first-order chi connectivity index (χ1) is 16.5. The molecule has 1 N–H and O–H groups in total. The van der Waals surface area contributed by atoms with E-state index in [9.17, 15) is 14.7 Å². The number of Topliss-reactive ketones (excluding diaryl/α,β-unsaturated/α-hetero) is 1. The molecule has 4 rings (SSSR count). The lowest BCUT2D eigenvalue weighted by atomic mass is 9.99. The fourth-order valence-electron chi connectivity index (χ4n) is 4.07. The lowest BCUT2D eigenvalue weighted by Crippen LogP contribution is -2.31. The maximum Gasteiger partial charge on any atom is 0.295 e. The Morgan fingerprint density at radius 2 is 2.03 bits per heavy atom. The number of furan rings is 1. The number of aromatic nitrogens is 2. The molecule has 3 aromatic rings. The summed E-state index contributed by atoms with van der Waals surface area (Å²) >= 11 is 0. The van der Waals surface area contributed by atoms with E-state index in [0.717, 1.165) is 12.8 Å². The molecule has 0 radical (unpaired) electrons. The number of amides is 1. The SMILES string of the molecule is CCCCOc1cccc(C(O)=C2C(=O)C(=O)N(CCCn3ccnc3)C2c2ccc(C)o2)c1. The van der Waals surface area contributed by atoms with Crippen molar-refractivity contribution in [2.45, 2.75) is 45.7 Å². The van der Waals surface area contributed by atoms with Gasteiger partial charge in [-0.25, -0.2) is 4.98 Å². The zero-order chi connectivity index (χ0) is 24.1. The Kier molecular flexibility index (Phi) is 7.15. The highest BCUT2D eigenvalue weighted by Crippen LogP contribution is 2.40. The first-order valence-corrected chi connectivity index (χ1v) is 11.5. The van der Waals surface area contributed by atoms with Gasteiger partial charge in [-0.2, -0.15) is 0 Å². The number of unbranched alkanes of at least 4 members (excludes halogenated alkanes) is 1. The van der Waals surface area contributed by atoms with Crippen LogP contribution in [0.1, 0.15) is 49.3 Å². The molecule has 1 aromatic carbocycles. The molecule has 2 aromatic heterocycles. The van der Waals surface area contributed by atoms with Crippen molar-refractivity contribution in [3.63, 3.8) is 0 Å². The number of nitrogens with zero attached hydrogens (tertiary/aromatic N) is 3. The number of hydrogen-bond donors (Lipinski definition) is 1. The summed E-state index contributed by atoms with van der Waals surface area (Å²) < 4.78 is 13.5. The van der Waals surface area contributed by atoms with Crippen molar-refractivity contribution in [3.05, 3.63) is 77.8 Å². The van der Waals surface area contributed by atoms with Crippen LogP contribution in [0.3, 0.4) is 0 Å². The summed E-state index contributed by atoms with van der Waals surface area (Å²) in [6.45, 7) is 5.41. The minimum atomic E-state index is -0.804. The number of ketones is 1. The van der Waals surface area contributed by atoms with Gasteiger partial charge >= 0.3 is 0 Å². The molecule has 1 unspecified atom stereocenters. The summed E-state index contributed by atoms with van der Waals surface area (Å²) in [5.74, 6) is 0.0764. The summed E-state index contributed by atoms with van der Waals surface area (Å²) in [5, 5.41) is 11.2. The van der Waals surface area contributed by atoms with Crippen LogP contribution in [-0.4, -0.2) is 44.4 Å². The number of imidazole rings is 1. The van der Waals surface area contributed by atoms with Gasteiger partial charge in [0.25, 0.3) is 11.7 Å². The minimum Gasteiger partial charge on any atom is -0.507 e. The highest BCUT2D eigenvalue weighted by molar-refractivity contribution is 6.46. The summed E-state index contributed by atoms with van der Waals surface area (Å²) in [4.78, 5) is 31.6. The smallest absolute Gasteiger partial charge is 0.295 e. The van der Waals surface area contributed by atoms with Gasteiger partial charge in [0.05, 0.1) is 18.5 Å². The molecule has 34 heavy (non-hydrogen) atoms. The second kappa shape index (κ2) is 10.4. The molecule has 1 aliphatic heterocycles. The molecule has 1 saturated heterocycles. The van der Waals surface area contributed by atoms with Gasteiger partial charge in [0.2, 0.25) is 0 Å². The standard InChI is InChI=1S/C26H29N3O5/c1-3-4-15-33-20-8-5-7-19(16-20)24(30)22-23(21-10-9-18(2)34-21)29(26(32)25(22)31)13-6-12-28-14-11-27-17-28/h5,7-11,14,16-17,23,30H,3-4,6,12-13,15H2,1-2H3. The highest BCUT2D eigenvalue weighted by Gasteiger charge is 2.47. The van der Waals surface area contributed by atoms with E-state index in [1.807, 2.05) is 10.8 Å². The number of carbonyl (C=O) groups excluding carboxylic acids is 2. The van der Waals surface area contributed by atoms with Crippen molar-refractivity contribution in [2.75, 3.05) is 13.2 Å². The molecule has 8 heteroatoms. The van der Waals surface area contributed by atoms with E-state index >= 15 is 0 Å². The summed E-state index contributed by atoms with van der Waals surface area (Å²) in [6, 6.07) is 9.65. The van der Waals surface area contributed by atoms with Crippen LogP contribution in [0, 0.1) is 6.92 Å². The molecule has 1 aliphatic rings. The molecule has 3 heterocycles. The van der Waals surface area contributed by atoms with Gasteiger partial charge in [-0.15, -0.1) is 0 Å². The number of likely N-dealkylation sites (tertiary alicyclic amines) is 1. The number of aliphatic hydroxyl groups is 1. The molecule has 0 aliphatic carbocycles. The minimum absolute atomic E-state index is 0.0210. The lowest BCUT2D eigenvalue weighted by molar-refractivity contribution is -0.140. The van der Waals surface area contributed by atoms with Gasteiger partial charge in [0.15, 0.2) is 0 Å². The predicted molar refractivity (Wildman–Crippen MR) is 126 cm³/mol. The molecule has 0 bridgehead atoms. The average Bonchev–Trinajstić information content (AvgIpc) is 3.56. The topological polar surface area (TPSA) is 97.8 Å². The zero-order valence-electron chi connectivity index (χ0n) is 19.4. The van der Waals surface area contributed by atoms with Gasteiger partial charge in [0.1, 0.15) is 29.1 Å².